The van der Waals surface area contributed by atoms with Gasteiger partial charge in [-0.15, -0.1) is 0 Å². The number of hydrogen-bond donors (Lipinski definition) is 0. The number of ether oxygens (including phenoxy) is 1. The standard InChI is InChI=1S/C15H13FOS/c1-17-13-9-7-12(8-10-13)11-15(16)18-14-5-3-2-4-6-14/h2-11H,1H3/b15-11-. The van der Waals surface area contributed by atoms with Crippen molar-refractivity contribution in [3.05, 3.63) is 65.3 Å². The number of halogens is 1. The molecule has 3 heteroatoms. The Kier molecular flexibility index (Phi) is 4.42. The Labute approximate surface area is 110 Å². The molecule has 0 amide bonds. The summed E-state index contributed by atoms with van der Waals surface area (Å²) in [4.78, 5) is 0.889. The fourth-order valence-corrected chi connectivity index (χ4v) is 2.18. The van der Waals surface area contributed by atoms with Crippen LogP contribution in [0.1, 0.15) is 5.56 Å². The van der Waals surface area contributed by atoms with Gasteiger partial charge >= 0.3 is 0 Å². The number of hydrogen-bond acceptors (Lipinski definition) is 2. The molecule has 0 saturated carbocycles. The zero-order valence-corrected chi connectivity index (χ0v) is 10.8. The van der Waals surface area contributed by atoms with Crippen LogP contribution in [0, 0.1) is 0 Å². The average molecular weight is 260 g/mol. The van der Waals surface area contributed by atoms with E-state index in [0.29, 0.717) is 0 Å². The molecule has 0 aliphatic carbocycles. The van der Waals surface area contributed by atoms with Crippen LogP contribution in [0.2, 0.25) is 0 Å². The molecule has 0 radical (unpaired) electrons. The van der Waals surface area contributed by atoms with E-state index in [4.69, 9.17) is 4.74 Å². The second-order valence-electron chi connectivity index (χ2n) is 3.64. The van der Waals surface area contributed by atoms with Crippen LogP contribution in [0.25, 0.3) is 6.08 Å². The monoisotopic (exact) mass is 260 g/mol. The topological polar surface area (TPSA) is 9.23 Å². The van der Waals surface area contributed by atoms with E-state index in [1.165, 1.54) is 6.08 Å². The van der Waals surface area contributed by atoms with Crippen LogP contribution in [0.15, 0.2) is 64.7 Å². The zero-order chi connectivity index (χ0) is 12.8. The van der Waals surface area contributed by atoms with Gasteiger partial charge in [0.15, 0.2) is 5.16 Å². The highest BCUT2D eigenvalue weighted by Gasteiger charge is 1.99. The fraction of sp³-hybridized carbons (Fsp3) is 0.0667. The van der Waals surface area contributed by atoms with Gasteiger partial charge in [0.1, 0.15) is 5.75 Å². The third-order valence-electron chi connectivity index (χ3n) is 2.35. The molecule has 0 spiro atoms. The molecule has 2 rings (SSSR count). The Morgan fingerprint density at radius 1 is 1.06 bits per heavy atom. The Morgan fingerprint density at radius 3 is 2.33 bits per heavy atom. The highest BCUT2D eigenvalue weighted by molar-refractivity contribution is 8.03. The quantitative estimate of drug-likeness (QED) is 0.733. The molecule has 0 saturated heterocycles. The van der Waals surface area contributed by atoms with Crippen LogP contribution in [0.5, 0.6) is 5.75 Å². The highest BCUT2D eigenvalue weighted by Crippen LogP contribution is 2.29. The van der Waals surface area contributed by atoms with E-state index in [0.717, 1.165) is 28.0 Å². The van der Waals surface area contributed by atoms with E-state index in [1.807, 2.05) is 54.6 Å². The van der Waals surface area contributed by atoms with Crippen molar-refractivity contribution in [3.8, 4) is 5.75 Å². The smallest absolute Gasteiger partial charge is 0.161 e. The minimum atomic E-state index is -0.230. The van der Waals surface area contributed by atoms with Crippen LogP contribution in [-0.2, 0) is 0 Å². The SMILES string of the molecule is COc1ccc(/C=C(/F)Sc2ccccc2)cc1. The molecule has 0 heterocycles. The van der Waals surface area contributed by atoms with E-state index < -0.39 is 0 Å². The van der Waals surface area contributed by atoms with Gasteiger partial charge in [0, 0.05) is 4.90 Å². The van der Waals surface area contributed by atoms with E-state index in [1.54, 1.807) is 7.11 Å². The predicted octanol–water partition coefficient (Wildman–Crippen LogP) is 4.76. The first kappa shape index (κ1) is 12.7. The van der Waals surface area contributed by atoms with Crippen LogP contribution in [0.3, 0.4) is 0 Å². The third-order valence-corrected chi connectivity index (χ3v) is 3.18. The van der Waals surface area contributed by atoms with E-state index in [-0.39, 0.29) is 5.16 Å². The van der Waals surface area contributed by atoms with E-state index >= 15 is 0 Å². The summed E-state index contributed by atoms with van der Waals surface area (Å²) in [5.41, 5.74) is 0.816. The molecule has 2 aromatic carbocycles. The lowest BCUT2D eigenvalue weighted by atomic mass is 10.2. The molecule has 0 fully saturated rings. The number of thioether (sulfide) groups is 1. The van der Waals surface area contributed by atoms with Crippen molar-refractivity contribution in [3.63, 3.8) is 0 Å². The predicted molar refractivity (Wildman–Crippen MR) is 74.4 cm³/mol. The summed E-state index contributed by atoms with van der Waals surface area (Å²) in [5.74, 6) is 0.767. The van der Waals surface area contributed by atoms with Crippen LogP contribution in [0.4, 0.5) is 4.39 Å². The largest absolute Gasteiger partial charge is 0.497 e. The van der Waals surface area contributed by atoms with Gasteiger partial charge < -0.3 is 4.74 Å². The summed E-state index contributed by atoms with van der Waals surface area (Å²) < 4.78 is 18.8. The molecule has 0 atom stereocenters. The molecule has 0 unspecified atom stereocenters. The van der Waals surface area contributed by atoms with Crippen molar-refractivity contribution < 1.29 is 9.13 Å². The summed E-state index contributed by atoms with van der Waals surface area (Å²) in [6.07, 6.45) is 1.51. The molecule has 0 aromatic heterocycles. The first-order chi connectivity index (χ1) is 8.78. The molecule has 2 aromatic rings. The summed E-state index contributed by atoms with van der Waals surface area (Å²) >= 11 is 1.11. The first-order valence-electron chi connectivity index (χ1n) is 5.52. The second kappa shape index (κ2) is 6.26. The van der Waals surface area contributed by atoms with Crippen molar-refractivity contribution in [1.29, 1.82) is 0 Å². The van der Waals surface area contributed by atoms with Gasteiger partial charge in [-0.1, -0.05) is 42.1 Å². The Morgan fingerprint density at radius 2 is 1.72 bits per heavy atom. The van der Waals surface area contributed by atoms with Gasteiger partial charge in [-0.2, -0.15) is 4.39 Å². The maximum Gasteiger partial charge on any atom is 0.161 e. The maximum atomic E-state index is 13.7. The lowest BCUT2D eigenvalue weighted by molar-refractivity contribution is 0.415. The van der Waals surface area contributed by atoms with Crippen LogP contribution in [-0.4, -0.2) is 7.11 Å². The molecule has 92 valence electrons. The molecule has 18 heavy (non-hydrogen) atoms. The summed E-state index contributed by atoms with van der Waals surface area (Å²) in [6, 6.07) is 16.7. The lowest BCUT2D eigenvalue weighted by Crippen LogP contribution is -1.81. The highest BCUT2D eigenvalue weighted by atomic mass is 32.2. The Balaban J connectivity index is 2.07. The number of rotatable bonds is 4. The molecule has 0 N–H and O–H groups in total. The van der Waals surface area contributed by atoms with Gasteiger partial charge in [-0.3, -0.25) is 0 Å². The van der Waals surface area contributed by atoms with Crippen molar-refractivity contribution in [2.75, 3.05) is 7.11 Å². The van der Waals surface area contributed by atoms with Gasteiger partial charge in [0.25, 0.3) is 0 Å². The average Bonchev–Trinajstić information content (AvgIpc) is 2.40. The molecule has 1 nitrogen and oxygen atoms in total. The summed E-state index contributed by atoms with van der Waals surface area (Å²) in [5, 5.41) is -0.230. The van der Waals surface area contributed by atoms with Crippen LogP contribution >= 0.6 is 11.8 Å². The van der Waals surface area contributed by atoms with E-state index in [9.17, 15) is 4.39 Å². The normalized spacial score (nSPS) is 11.3. The van der Waals surface area contributed by atoms with Crippen molar-refractivity contribution in [1.82, 2.24) is 0 Å². The Hall–Kier alpha value is -1.74. The van der Waals surface area contributed by atoms with Crippen molar-refractivity contribution in [2.45, 2.75) is 4.90 Å². The van der Waals surface area contributed by atoms with Gasteiger partial charge in [-0.25, -0.2) is 0 Å². The second-order valence-corrected chi connectivity index (χ2v) is 4.70. The van der Waals surface area contributed by atoms with Gasteiger partial charge in [0.05, 0.1) is 7.11 Å². The molecular weight excluding hydrogens is 247 g/mol. The van der Waals surface area contributed by atoms with E-state index in [2.05, 4.69) is 0 Å². The van der Waals surface area contributed by atoms with Gasteiger partial charge in [0.2, 0.25) is 0 Å². The first-order valence-corrected chi connectivity index (χ1v) is 6.34. The summed E-state index contributed by atoms with van der Waals surface area (Å²) in [7, 11) is 1.61. The molecular formula is C15H13FOS. The van der Waals surface area contributed by atoms with Crippen molar-refractivity contribution in [2.24, 2.45) is 0 Å². The van der Waals surface area contributed by atoms with Crippen molar-refractivity contribution >= 4 is 17.8 Å². The fourth-order valence-electron chi connectivity index (χ4n) is 1.46. The zero-order valence-electron chi connectivity index (χ0n) is 9.97. The molecule has 0 bridgehead atoms. The van der Waals surface area contributed by atoms with Crippen LogP contribution < -0.4 is 4.74 Å². The number of methoxy groups -OCH3 is 1. The molecule has 0 aliphatic rings. The lowest BCUT2D eigenvalue weighted by Gasteiger charge is -2.00. The summed E-state index contributed by atoms with van der Waals surface area (Å²) in [6.45, 7) is 0. The molecule has 0 aliphatic heterocycles. The van der Waals surface area contributed by atoms with Gasteiger partial charge in [-0.05, 0) is 35.9 Å². The minimum Gasteiger partial charge on any atom is -0.497 e. The minimum absolute atomic E-state index is 0.230. The number of benzene rings is 2. The maximum absolute atomic E-state index is 13.7. The Bertz CT molecular complexity index is 520. The third kappa shape index (κ3) is 3.64.